The first-order valence-corrected chi connectivity index (χ1v) is 19.5. The van der Waals surface area contributed by atoms with Crippen molar-refractivity contribution in [3.63, 3.8) is 0 Å². The number of halogens is 1. The standard InChI is InChI=1S/C31H33BrN9O2PS2/c1-21-27(42)40(30(45-4)35-33-21)37-29(38-41-28(43)22(2)34-36-31(41)46-5)39(20-23-13-12-14-24(32)19-23)44(3,25-15-8-6-9-16-25)26-17-10-7-11-18-26/h6-19H,20H2,1-5H3,(H2-,33,34,37,38,42,43). The number of hydrogen-bond donors (Lipinski definition) is 2. The minimum absolute atomic E-state index is 0.192. The van der Waals surface area contributed by atoms with E-state index >= 15 is 0 Å². The lowest BCUT2D eigenvalue weighted by molar-refractivity contribution is -0.412. The first-order chi connectivity index (χ1) is 22.2. The first-order valence-electron chi connectivity index (χ1n) is 14.1. The number of rotatable bonds is 7. The molecule has 1 aliphatic heterocycles. The zero-order valence-corrected chi connectivity index (χ0v) is 30.0. The Morgan fingerprint density at radius 2 is 1.65 bits per heavy atom. The van der Waals surface area contributed by atoms with E-state index in [1.807, 2.05) is 66.9 Å². The summed E-state index contributed by atoms with van der Waals surface area (Å²) < 4.78 is 4.32. The lowest BCUT2D eigenvalue weighted by atomic mass is 10.2. The fourth-order valence-electron chi connectivity index (χ4n) is 4.78. The highest BCUT2D eigenvalue weighted by Gasteiger charge is 2.34. The van der Waals surface area contributed by atoms with Crippen molar-refractivity contribution in [2.45, 2.75) is 25.5 Å². The Morgan fingerprint density at radius 1 is 1.00 bits per heavy atom. The number of benzene rings is 3. The van der Waals surface area contributed by atoms with E-state index in [9.17, 15) is 9.90 Å². The number of thioether (sulfide) groups is 2. The number of hydrogen-bond acceptors (Lipinski definition) is 10. The van der Waals surface area contributed by atoms with Crippen LogP contribution in [-0.4, -0.2) is 54.5 Å². The normalized spacial score (nSPS) is 13.7. The topological polar surface area (TPSA) is 126 Å². The molecule has 15 heteroatoms. The van der Waals surface area contributed by atoms with Crippen LogP contribution in [0, 0.1) is 6.92 Å². The fraction of sp³-hybridized carbons (Fsp3) is 0.194. The maximum absolute atomic E-state index is 13.6. The van der Waals surface area contributed by atoms with E-state index in [4.69, 9.17) is 5.10 Å². The highest BCUT2D eigenvalue weighted by Crippen LogP contribution is 2.43. The Labute approximate surface area is 284 Å². The third-order valence-electron chi connectivity index (χ3n) is 7.24. The molecule has 1 aliphatic rings. The third kappa shape index (κ3) is 6.95. The summed E-state index contributed by atoms with van der Waals surface area (Å²) in [4.78, 5) is 13.6. The van der Waals surface area contributed by atoms with Gasteiger partial charge in [-0.05, 0) is 50.7 Å². The molecule has 2 heterocycles. The van der Waals surface area contributed by atoms with E-state index in [1.165, 1.54) is 33.2 Å². The summed E-state index contributed by atoms with van der Waals surface area (Å²) in [5, 5.41) is 35.5. The average Bonchev–Trinajstić information content (AvgIpc) is 3.08. The first kappa shape index (κ1) is 33.5. The van der Waals surface area contributed by atoms with Crippen molar-refractivity contribution >= 4 is 68.2 Å². The van der Waals surface area contributed by atoms with Crippen molar-refractivity contribution in [3.05, 3.63) is 123 Å². The number of aromatic nitrogens is 3. The molecule has 1 aromatic heterocycles. The van der Waals surface area contributed by atoms with E-state index in [-0.39, 0.29) is 17.5 Å². The van der Waals surface area contributed by atoms with Crippen LogP contribution in [0.4, 0.5) is 0 Å². The summed E-state index contributed by atoms with van der Waals surface area (Å²) in [5.74, 6) is -0.0894. The van der Waals surface area contributed by atoms with Gasteiger partial charge in [-0.3, -0.25) is 10.2 Å². The van der Waals surface area contributed by atoms with Crippen molar-refractivity contribution in [1.29, 1.82) is 0 Å². The third-order valence-corrected chi connectivity index (χ3v) is 12.9. The number of hydrazine groups is 1. The molecular weight excluding hydrogens is 705 g/mol. The Kier molecular flexibility index (Phi) is 10.7. The summed E-state index contributed by atoms with van der Waals surface area (Å²) in [6.07, 6.45) is 3.63. The van der Waals surface area contributed by atoms with Gasteiger partial charge in [-0.15, -0.1) is 20.0 Å². The molecule has 0 fully saturated rings. The van der Waals surface area contributed by atoms with Crippen molar-refractivity contribution in [2.24, 2.45) is 10.2 Å². The Morgan fingerprint density at radius 3 is 2.24 bits per heavy atom. The lowest BCUT2D eigenvalue weighted by Crippen LogP contribution is -2.54. The summed E-state index contributed by atoms with van der Waals surface area (Å²) in [5.41, 5.74) is 7.19. The number of allylic oxidation sites excluding steroid dienone is 1. The van der Waals surface area contributed by atoms with E-state index in [0.717, 1.165) is 20.6 Å². The Hall–Kier alpha value is -3.84. The molecule has 0 atom stereocenters. The molecule has 0 unspecified atom stereocenters. The van der Waals surface area contributed by atoms with E-state index in [1.54, 1.807) is 20.1 Å². The van der Waals surface area contributed by atoms with E-state index in [2.05, 4.69) is 77.3 Å². The number of guanidine groups is 1. The minimum atomic E-state index is -2.58. The smallest absolute Gasteiger partial charge is 0.433 e. The second-order valence-corrected chi connectivity index (χ2v) is 16.1. The summed E-state index contributed by atoms with van der Waals surface area (Å²) in [6, 6.07) is 28.5. The van der Waals surface area contributed by atoms with Crippen LogP contribution in [0.2, 0.25) is 0 Å². The molecule has 4 aromatic rings. The number of aryl methyl sites for hydroxylation is 1. The average molecular weight is 739 g/mol. The lowest BCUT2D eigenvalue weighted by Gasteiger charge is -2.34. The van der Waals surface area contributed by atoms with Crippen LogP contribution in [0.3, 0.4) is 0 Å². The molecule has 5 rings (SSSR count). The van der Waals surface area contributed by atoms with Crippen molar-refractivity contribution in [1.82, 2.24) is 30.7 Å². The molecule has 2 N–H and O–H groups in total. The summed E-state index contributed by atoms with van der Waals surface area (Å²) in [6.45, 7) is 5.83. The molecule has 0 bridgehead atoms. The molecule has 0 saturated carbocycles. The SMILES string of the molecule is CSC1=NNC(C)=C([O-])N1N/C(=N\n1c(SC)nnc(C)c1=O)[N+](Cc1cccc(Br)c1)=P(C)(c1ccccc1)c1ccccc1. The van der Waals surface area contributed by atoms with E-state index in [0.29, 0.717) is 22.6 Å². The van der Waals surface area contributed by atoms with Gasteiger partial charge in [0.1, 0.15) is 5.69 Å². The Bertz CT molecular complexity index is 1910. The molecule has 0 radical (unpaired) electrons. The predicted molar refractivity (Wildman–Crippen MR) is 191 cm³/mol. The quantitative estimate of drug-likeness (QED) is 0.126. The van der Waals surface area contributed by atoms with Crippen molar-refractivity contribution in [3.8, 4) is 0 Å². The molecule has 0 amide bonds. The Balaban J connectivity index is 1.94. The zero-order valence-electron chi connectivity index (χ0n) is 25.9. The second-order valence-electron chi connectivity index (χ2n) is 10.2. The molecule has 0 saturated heterocycles. The van der Waals surface area contributed by atoms with Crippen LogP contribution in [0.5, 0.6) is 0 Å². The van der Waals surface area contributed by atoms with Gasteiger partial charge in [0.25, 0.3) is 0 Å². The maximum Gasteiger partial charge on any atom is 0.433 e. The number of amidine groups is 1. The van der Waals surface area contributed by atoms with Gasteiger partial charge in [0.05, 0.1) is 13.6 Å². The van der Waals surface area contributed by atoms with Gasteiger partial charge in [0.15, 0.2) is 0 Å². The fourth-order valence-corrected chi connectivity index (χ4v) is 9.37. The van der Waals surface area contributed by atoms with Crippen LogP contribution in [0.1, 0.15) is 18.2 Å². The highest BCUT2D eigenvalue weighted by atomic mass is 79.9. The van der Waals surface area contributed by atoms with Gasteiger partial charge in [0.2, 0.25) is 10.3 Å². The van der Waals surface area contributed by atoms with Gasteiger partial charge in [-0.2, -0.15) is 10.4 Å². The number of hydrazone groups is 1. The van der Waals surface area contributed by atoms with Gasteiger partial charge in [-0.1, -0.05) is 112 Å². The summed E-state index contributed by atoms with van der Waals surface area (Å²) in [7, 11) is -2.58. The summed E-state index contributed by atoms with van der Waals surface area (Å²) >= 11 is 6.17. The van der Waals surface area contributed by atoms with Crippen LogP contribution in [0.15, 0.2) is 121 Å². The molecule has 46 heavy (non-hydrogen) atoms. The van der Waals surface area contributed by atoms with Crippen LogP contribution >= 0.6 is 46.5 Å². The van der Waals surface area contributed by atoms with Crippen LogP contribution in [0.25, 0.3) is 0 Å². The largest absolute Gasteiger partial charge is 0.856 e. The molecular formula is C31H33BrN9O2PS2. The monoisotopic (exact) mass is 737 g/mol. The van der Waals surface area contributed by atoms with E-state index < -0.39 is 12.6 Å². The molecule has 3 aromatic carbocycles. The van der Waals surface area contributed by atoms with Gasteiger partial charge in [-0.25, -0.2) is 4.33 Å². The van der Waals surface area contributed by atoms with Gasteiger partial charge in [0, 0.05) is 31.8 Å². The van der Waals surface area contributed by atoms with Gasteiger partial charge >= 0.3 is 11.5 Å². The molecule has 0 aliphatic carbocycles. The number of nitrogens with zero attached hydrogens (tertiary/aromatic N) is 7. The molecule has 0 spiro atoms. The highest BCUT2D eigenvalue weighted by molar-refractivity contribution is 9.10. The predicted octanol–water partition coefficient (Wildman–Crippen LogP) is 3.84. The molecule has 238 valence electrons. The second kappa shape index (κ2) is 14.7. The minimum Gasteiger partial charge on any atom is -0.856 e. The number of nitrogens with one attached hydrogen (secondary N) is 2. The van der Waals surface area contributed by atoms with Crippen molar-refractivity contribution in [2.75, 3.05) is 19.2 Å². The molecule has 11 nitrogen and oxygen atoms in total. The zero-order chi connectivity index (χ0) is 32.8. The van der Waals surface area contributed by atoms with Gasteiger partial charge < -0.3 is 5.11 Å². The van der Waals surface area contributed by atoms with Crippen LogP contribution < -0.4 is 32.1 Å². The van der Waals surface area contributed by atoms with Crippen molar-refractivity contribution < 1.29 is 9.43 Å². The van der Waals surface area contributed by atoms with Crippen LogP contribution in [-0.2, 0) is 6.54 Å². The maximum atomic E-state index is 13.6.